The van der Waals surface area contributed by atoms with Gasteiger partial charge in [-0.3, -0.25) is 0 Å². The molecule has 1 N–H and O–H groups in total. The first-order chi connectivity index (χ1) is 8.79. The molecule has 0 spiro atoms. The molecule has 0 aliphatic carbocycles. The van der Waals surface area contributed by atoms with Crippen molar-refractivity contribution in [1.29, 1.82) is 0 Å². The molecule has 18 heavy (non-hydrogen) atoms. The lowest BCUT2D eigenvalue weighted by Crippen LogP contribution is -2.18. The van der Waals surface area contributed by atoms with Crippen LogP contribution in [0.4, 0.5) is 0 Å². The molecular formula is C15H29N3. The fourth-order valence-corrected chi connectivity index (χ4v) is 2.45. The average molecular weight is 251 g/mol. The smallest absolute Gasteiger partial charge is 0.0946 e. The summed E-state index contributed by atoms with van der Waals surface area (Å²) >= 11 is 0. The van der Waals surface area contributed by atoms with Crippen molar-refractivity contribution in [3.05, 3.63) is 18.2 Å². The average Bonchev–Trinajstić information content (AvgIpc) is 2.79. The molecule has 3 heteroatoms. The number of hydrogen-bond donors (Lipinski definition) is 1. The van der Waals surface area contributed by atoms with Gasteiger partial charge >= 0.3 is 0 Å². The van der Waals surface area contributed by atoms with Gasteiger partial charge in [-0.15, -0.1) is 0 Å². The molecule has 0 aromatic carbocycles. The van der Waals surface area contributed by atoms with Gasteiger partial charge in [0.05, 0.1) is 12.0 Å². The highest BCUT2D eigenvalue weighted by Gasteiger charge is 2.11. The third-order valence-corrected chi connectivity index (χ3v) is 3.66. The highest BCUT2D eigenvalue weighted by atomic mass is 15.1. The van der Waals surface area contributed by atoms with Crippen LogP contribution in [-0.2, 0) is 7.05 Å². The SMILES string of the molecule is CCCCCCCCCC(NC)c1cncn1C. The maximum Gasteiger partial charge on any atom is 0.0946 e. The normalized spacial score (nSPS) is 12.8. The standard InChI is InChI=1S/C15H29N3/c1-4-5-6-7-8-9-10-11-14(16-2)15-12-17-13-18(15)3/h12-14,16H,4-11H2,1-3H3. The largest absolute Gasteiger partial charge is 0.336 e. The molecule has 0 radical (unpaired) electrons. The summed E-state index contributed by atoms with van der Waals surface area (Å²) in [5.74, 6) is 0. The summed E-state index contributed by atoms with van der Waals surface area (Å²) in [6.45, 7) is 2.27. The summed E-state index contributed by atoms with van der Waals surface area (Å²) in [6.07, 6.45) is 14.7. The Hall–Kier alpha value is -0.830. The summed E-state index contributed by atoms with van der Waals surface area (Å²) < 4.78 is 2.11. The number of rotatable bonds is 10. The van der Waals surface area contributed by atoms with Gasteiger partial charge in [0, 0.05) is 19.3 Å². The lowest BCUT2D eigenvalue weighted by Gasteiger charge is -2.16. The Morgan fingerprint density at radius 1 is 1.17 bits per heavy atom. The fourth-order valence-electron chi connectivity index (χ4n) is 2.45. The van der Waals surface area contributed by atoms with E-state index in [0.29, 0.717) is 6.04 Å². The molecule has 0 aliphatic heterocycles. The minimum Gasteiger partial charge on any atom is -0.336 e. The minimum absolute atomic E-state index is 0.452. The number of hydrogen-bond acceptors (Lipinski definition) is 2. The van der Waals surface area contributed by atoms with Crippen LogP contribution < -0.4 is 5.32 Å². The first kappa shape index (κ1) is 15.2. The summed E-state index contributed by atoms with van der Waals surface area (Å²) in [6, 6.07) is 0.452. The van der Waals surface area contributed by atoms with Gasteiger partial charge in [-0.2, -0.15) is 0 Å². The summed E-state index contributed by atoms with van der Waals surface area (Å²) in [7, 11) is 4.11. The van der Waals surface area contributed by atoms with Crippen LogP contribution in [0.1, 0.15) is 70.0 Å². The van der Waals surface area contributed by atoms with Crippen molar-refractivity contribution < 1.29 is 0 Å². The first-order valence-electron chi connectivity index (χ1n) is 7.43. The Bertz CT molecular complexity index is 306. The number of aromatic nitrogens is 2. The van der Waals surface area contributed by atoms with Crippen molar-refractivity contribution in [3.63, 3.8) is 0 Å². The van der Waals surface area contributed by atoms with E-state index in [-0.39, 0.29) is 0 Å². The van der Waals surface area contributed by atoms with E-state index in [2.05, 4.69) is 28.8 Å². The van der Waals surface area contributed by atoms with E-state index >= 15 is 0 Å². The Morgan fingerprint density at radius 2 is 1.83 bits per heavy atom. The number of unbranched alkanes of at least 4 members (excludes halogenated alkanes) is 6. The molecule has 0 fully saturated rings. The molecular weight excluding hydrogens is 222 g/mol. The highest BCUT2D eigenvalue weighted by molar-refractivity contribution is 5.04. The van der Waals surface area contributed by atoms with Crippen LogP contribution in [0.15, 0.2) is 12.5 Å². The van der Waals surface area contributed by atoms with E-state index in [1.54, 1.807) is 0 Å². The van der Waals surface area contributed by atoms with Crippen molar-refractivity contribution in [1.82, 2.24) is 14.9 Å². The lowest BCUT2D eigenvalue weighted by atomic mass is 10.0. The van der Waals surface area contributed by atoms with Crippen molar-refractivity contribution >= 4 is 0 Å². The molecule has 1 atom stereocenters. The molecule has 3 nitrogen and oxygen atoms in total. The topological polar surface area (TPSA) is 29.9 Å². The minimum atomic E-state index is 0.452. The maximum atomic E-state index is 4.19. The monoisotopic (exact) mass is 251 g/mol. The van der Waals surface area contributed by atoms with Gasteiger partial charge in [0.25, 0.3) is 0 Å². The Balaban J connectivity index is 2.15. The fraction of sp³-hybridized carbons (Fsp3) is 0.800. The molecule has 1 heterocycles. The Morgan fingerprint density at radius 3 is 2.39 bits per heavy atom. The zero-order valence-electron chi connectivity index (χ0n) is 12.3. The third-order valence-electron chi connectivity index (χ3n) is 3.66. The van der Waals surface area contributed by atoms with E-state index in [1.165, 1.54) is 57.1 Å². The summed E-state index contributed by atoms with van der Waals surface area (Å²) in [5.41, 5.74) is 1.29. The van der Waals surface area contributed by atoms with Crippen LogP contribution in [-0.4, -0.2) is 16.6 Å². The zero-order chi connectivity index (χ0) is 13.2. The molecule has 0 aliphatic rings. The second-order valence-electron chi connectivity index (χ2n) is 5.18. The van der Waals surface area contributed by atoms with Crippen LogP contribution in [0.3, 0.4) is 0 Å². The van der Waals surface area contributed by atoms with Gasteiger partial charge in [0.2, 0.25) is 0 Å². The van der Waals surface area contributed by atoms with Crippen molar-refractivity contribution in [2.75, 3.05) is 7.05 Å². The van der Waals surface area contributed by atoms with E-state index in [0.717, 1.165) is 0 Å². The van der Waals surface area contributed by atoms with Gasteiger partial charge < -0.3 is 9.88 Å². The van der Waals surface area contributed by atoms with Crippen molar-refractivity contribution in [3.8, 4) is 0 Å². The first-order valence-corrected chi connectivity index (χ1v) is 7.43. The quantitative estimate of drug-likeness (QED) is 0.641. The maximum absolute atomic E-state index is 4.19. The van der Waals surface area contributed by atoms with Gasteiger partial charge in [-0.1, -0.05) is 51.9 Å². The molecule has 1 unspecified atom stereocenters. The van der Waals surface area contributed by atoms with Crippen molar-refractivity contribution in [2.24, 2.45) is 7.05 Å². The summed E-state index contributed by atoms with van der Waals surface area (Å²) in [5, 5.41) is 3.40. The zero-order valence-corrected chi connectivity index (χ0v) is 12.3. The van der Waals surface area contributed by atoms with E-state index in [4.69, 9.17) is 0 Å². The molecule has 0 saturated heterocycles. The second kappa shape index (κ2) is 9.15. The number of aryl methyl sites for hydroxylation is 1. The molecule has 1 aromatic heterocycles. The number of nitrogens with zero attached hydrogens (tertiary/aromatic N) is 2. The van der Waals surface area contributed by atoms with Crippen LogP contribution in [0, 0.1) is 0 Å². The Labute approximate surface area is 112 Å². The number of nitrogens with one attached hydrogen (secondary N) is 1. The van der Waals surface area contributed by atoms with E-state index in [9.17, 15) is 0 Å². The third kappa shape index (κ3) is 5.21. The lowest BCUT2D eigenvalue weighted by molar-refractivity contribution is 0.478. The van der Waals surface area contributed by atoms with Gasteiger partial charge in [0.1, 0.15) is 0 Å². The van der Waals surface area contributed by atoms with Gasteiger partial charge in [0.15, 0.2) is 0 Å². The van der Waals surface area contributed by atoms with Crippen LogP contribution >= 0.6 is 0 Å². The Kier molecular flexibility index (Phi) is 7.74. The molecule has 0 amide bonds. The molecule has 0 saturated carbocycles. The van der Waals surface area contributed by atoms with Crippen LogP contribution in [0.2, 0.25) is 0 Å². The van der Waals surface area contributed by atoms with Crippen molar-refractivity contribution in [2.45, 2.75) is 64.3 Å². The molecule has 0 bridgehead atoms. The highest BCUT2D eigenvalue weighted by Crippen LogP contribution is 2.19. The molecule has 1 aromatic rings. The van der Waals surface area contributed by atoms with E-state index in [1.807, 2.05) is 19.6 Å². The predicted octanol–water partition coefficient (Wildman–Crippen LogP) is 3.82. The van der Waals surface area contributed by atoms with Gasteiger partial charge in [-0.25, -0.2) is 4.98 Å². The second-order valence-corrected chi connectivity index (χ2v) is 5.18. The van der Waals surface area contributed by atoms with Crippen LogP contribution in [0.5, 0.6) is 0 Å². The van der Waals surface area contributed by atoms with E-state index < -0.39 is 0 Å². The van der Waals surface area contributed by atoms with Crippen LogP contribution in [0.25, 0.3) is 0 Å². The van der Waals surface area contributed by atoms with Gasteiger partial charge in [-0.05, 0) is 13.5 Å². The predicted molar refractivity (Wildman–Crippen MR) is 77.6 cm³/mol. The molecule has 104 valence electrons. The molecule has 1 rings (SSSR count). The number of imidazole rings is 1. The summed E-state index contributed by atoms with van der Waals surface area (Å²) in [4.78, 5) is 4.19.